The fourth-order valence-electron chi connectivity index (χ4n) is 5.09. The van der Waals surface area contributed by atoms with Gasteiger partial charge in [-0.25, -0.2) is 9.37 Å². The van der Waals surface area contributed by atoms with Gasteiger partial charge >= 0.3 is 6.18 Å². The van der Waals surface area contributed by atoms with Crippen LogP contribution in [0.3, 0.4) is 0 Å². The summed E-state index contributed by atoms with van der Waals surface area (Å²) in [4.78, 5) is 32.1. The van der Waals surface area contributed by atoms with Crippen LogP contribution in [-0.2, 0) is 17.5 Å². The first-order chi connectivity index (χ1) is 17.5. The number of alkyl halides is 3. The molecule has 0 bridgehead atoms. The molecule has 1 amide bonds. The summed E-state index contributed by atoms with van der Waals surface area (Å²) in [5, 5.41) is -0.613. The Balaban J connectivity index is 1.36. The molecule has 0 radical (unpaired) electrons. The number of ether oxygens (including phenoxy) is 1. The normalized spacial score (nSPS) is 20.8. The molecule has 0 aliphatic carbocycles. The highest BCUT2D eigenvalue weighted by molar-refractivity contribution is 6.30. The van der Waals surface area contributed by atoms with Gasteiger partial charge in [-0.2, -0.15) is 13.2 Å². The summed E-state index contributed by atoms with van der Waals surface area (Å²) >= 11 is 5.60. The average Bonchev–Trinajstić information content (AvgIpc) is 3.50. The van der Waals surface area contributed by atoms with E-state index in [1.165, 1.54) is 10.9 Å². The van der Waals surface area contributed by atoms with E-state index in [-0.39, 0.29) is 42.2 Å². The van der Waals surface area contributed by atoms with E-state index >= 15 is 0 Å². The lowest BCUT2D eigenvalue weighted by Crippen LogP contribution is -2.52. The van der Waals surface area contributed by atoms with Crippen LogP contribution in [0.5, 0.6) is 0 Å². The number of benzene rings is 1. The van der Waals surface area contributed by atoms with Crippen molar-refractivity contribution < 1.29 is 27.1 Å². The van der Waals surface area contributed by atoms with Gasteiger partial charge in [0.25, 0.3) is 11.5 Å². The highest BCUT2D eigenvalue weighted by Gasteiger charge is 2.42. The van der Waals surface area contributed by atoms with Gasteiger partial charge in [-0.3, -0.25) is 9.59 Å². The van der Waals surface area contributed by atoms with Crippen molar-refractivity contribution in [2.24, 2.45) is 0 Å². The third-order valence-corrected chi connectivity index (χ3v) is 7.30. The summed E-state index contributed by atoms with van der Waals surface area (Å²) in [6, 6.07) is 4.02. The first kappa shape index (κ1) is 25.5. The number of fused-ring (bicyclic) bond motifs is 1. The van der Waals surface area contributed by atoms with Crippen LogP contribution in [0.4, 0.5) is 17.6 Å². The first-order valence-corrected chi connectivity index (χ1v) is 12.1. The predicted molar refractivity (Wildman–Crippen MR) is 126 cm³/mol. The zero-order valence-corrected chi connectivity index (χ0v) is 20.7. The van der Waals surface area contributed by atoms with E-state index in [2.05, 4.69) is 4.98 Å². The van der Waals surface area contributed by atoms with E-state index in [0.717, 1.165) is 11.8 Å². The molecule has 4 heterocycles. The number of carbonyl (C=O) groups excluding carboxylic acids is 1. The summed E-state index contributed by atoms with van der Waals surface area (Å²) in [6.07, 6.45) is -2.44. The minimum absolute atomic E-state index is 0.220. The third kappa shape index (κ3) is 4.54. The molecular formula is C25H23ClF4N4O3. The number of pyridine rings is 1. The minimum Gasteiger partial charge on any atom is -0.368 e. The molecule has 37 heavy (non-hydrogen) atoms. The lowest BCUT2D eigenvalue weighted by molar-refractivity contribution is -0.139. The Morgan fingerprint density at radius 3 is 2.59 bits per heavy atom. The lowest BCUT2D eigenvalue weighted by atomic mass is 9.98. The Morgan fingerprint density at radius 2 is 1.92 bits per heavy atom. The predicted octanol–water partition coefficient (Wildman–Crippen LogP) is 4.92. The van der Waals surface area contributed by atoms with Gasteiger partial charge in [0.2, 0.25) is 0 Å². The van der Waals surface area contributed by atoms with Crippen LogP contribution >= 0.6 is 11.6 Å². The number of aromatic nitrogens is 3. The van der Waals surface area contributed by atoms with E-state index in [1.807, 2.05) is 0 Å². The van der Waals surface area contributed by atoms with Crippen LogP contribution < -0.4 is 5.56 Å². The lowest BCUT2D eigenvalue weighted by Gasteiger charge is -2.37. The maximum atomic E-state index is 14.1. The summed E-state index contributed by atoms with van der Waals surface area (Å²) in [6.45, 7) is 4.04. The summed E-state index contributed by atoms with van der Waals surface area (Å²) in [7, 11) is 0. The maximum Gasteiger partial charge on any atom is 0.416 e. The number of aryl methyl sites for hydroxylation is 1. The van der Waals surface area contributed by atoms with Crippen molar-refractivity contribution in [3.05, 3.63) is 80.5 Å². The Labute approximate surface area is 214 Å². The molecule has 0 spiro atoms. The Bertz CT molecular complexity index is 1430. The minimum atomic E-state index is -4.73. The van der Waals surface area contributed by atoms with E-state index in [9.17, 15) is 27.2 Å². The number of nitrogens with zero attached hydrogens (tertiary/aromatic N) is 4. The van der Waals surface area contributed by atoms with Gasteiger partial charge in [-0.15, -0.1) is 0 Å². The molecule has 0 saturated carbocycles. The number of rotatable bonds is 4. The van der Waals surface area contributed by atoms with Crippen LogP contribution in [0.15, 0.2) is 41.6 Å². The largest absolute Gasteiger partial charge is 0.416 e. The number of amides is 1. The fourth-order valence-corrected chi connectivity index (χ4v) is 5.25. The summed E-state index contributed by atoms with van der Waals surface area (Å²) in [5.74, 6) is -1.33. The van der Waals surface area contributed by atoms with Gasteiger partial charge in [-0.05, 0) is 56.5 Å². The van der Waals surface area contributed by atoms with Crippen molar-refractivity contribution in [2.45, 2.75) is 57.7 Å². The Kier molecular flexibility index (Phi) is 6.39. The Morgan fingerprint density at radius 1 is 1.16 bits per heavy atom. The SMILES string of the molecule is Cc1cn(-c2ccc3n(c2=O)CCN([C@@H](C)[C@@H]2CC[C@H](c4cc(F)c(Cl)cc4C(F)(F)F)O2)C3=O)cn1. The van der Waals surface area contributed by atoms with Gasteiger partial charge in [0.15, 0.2) is 0 Å². The number of halogens is 5. The Hall–Kier alpha value is -3.18. The molecule has 7 nitrogen and oxygen atoms in total. The molecule has 5 rings (SSSR count). The number of imidazole rings is 1. The molecular weight excluding hydrogens is 516 g/mol. The smallest absolute Gasteiger partial charge is 0.368 e. The van der Waals surface area contributed by atoms with Crippen LogP contribution in [0.25, 0.3) is 5.69 Å². The quantitative estimate of drug-likeness (QED) is 0.442. The number of carbonyl (C=O) groups is 1. The molecule has 1 aromatic carbocycles. The molecule has 3 atom stereocenters. The summed E-state index contributed by atoms with van der Waals surface area (Å²) in [5.41, 5.74) is -0.334. The molecule has 1 saturated heterocycles. The second-order valence-corrected chi connectivity index (χ2v) is 9.72. The highest BCUT2D eigenvalue weighted by Crippen LogP contribution is 2.43. The highest BCUT2D eigenvalue weighted by atomic mass is 35.5. The van der Waals surface area contributed by atoms with Crippen molar-refractivity contribution in [2.75, 3.05) is 6.54 Å². The molecule has 2 aliphatic heterocycles. The van der Waals surface area contributed by atoms with Crippen LogP contribution in [-0.4, -0.2) is 43.6 Å². The van der Waals surface area contributed by atoms with Gasteiger partial charge < -0.3 is 18.8 Å². The van der Waals surface area contributed by atoms with Gasteiger partial charge in [0.05, 0.1) is 40.9 Å². The molecule has 12 heteroatoms. The molecule has 2 aliphatic rings. The fraction of sp³-hybridized carbons (Fsp3) is 0.400. The van der Waals surface area contributed by atoms with Crippen molar-refractivity contribution >= 4 is 17.5 Å². The third-order valence-electron chi connectivity index (χ3n) is 7.02. The zero-order valence-electron chi connectivity index (χ0n) is 19.9. The van der Waals surface area contributed by atoms with E-state index in [1.54, 1.807) is 41.6 Å². The van der Waals surface area contributed by atoms with Crippen molar-refractivity contribution in [3.8, 4) is 5.69 Å². The van der Waals surface area contributed by atoms with E-state index in [4.69, 9.17) is 16.3 Å². The molecule has 2 aromatic heterocycles. The maximum absolute atomic E-state index is 14.1. The van der Waals surface area contributed by atoms with Gasteiger partial charge in [-0.1, -0.05) is 11.6 Å². The van der Waals surface area contributed by atoms with Gasteiger partial charge in [0.1, 0.15) is 17.2 Å². The zero-order chi connectivity index (χ0) is 26.6. The molecule has 0 N–H and O–H groups in total. The first-order valence-electron chi connectivity index (χ1n) is 11.7. The van der Waals surface area contributed by atoms with Crippen LogP contribution in [0.1, 0.15) is 53.2 Å². The van der Waals surface area contributed by atoms with Crippen LogP contribution in [0, 0.1) is 12.7 Å². The molecule has 0 unspecified atom stereocenters. The standard InChI is InChI=1S/C25H23ClF4N4O3/c1-13-11-32(12-31-13)19-3-4-20-24(36)33(7-8-34(20)23(19)35)14(2)21-5-6-22(37-21)15-9-18(27)17(26)10-16(15)25(28,29)30/h3-4,9-12,14,21-22H,5-8H2,1-2H3/t14-,21-,22+/m0/s1. The number of hydrogen-bond acceptors (Lipinski definition) is 4. The number of hydrogen-bond donors (Lipinski definition) is 0. The molecule has 3 aromatic rings. The van der Waals surface area contributed by atoms with Crippen molar-refractivity contribution in [1.29, 1.82) is 0 Å². The van der Waals surface area contributed by atoms with Crippen molar-refractivity contribution in [1.82, 2.24) is 19.0 Å². The van der Waals surface area contributed by atoms with E-state index < -0.39 is 40.8 Å². The molecule has 196 valence electrons. The monoisotopic (exact) mass is 538 g/mol. The molecule has 1 fully saturated rings. The van der Waals surface area contributed by atoms with E-state index in [0.29, 0.717) is 18.2 Å². The second kappa shape index (κ2) is 9.29. The summed E-state index contributed by atoms with van der Waals surface area (Å²) < 4.78 is 63.8. The van der Waals surface area contributed by atoms with Crippen LogP contribution in [0.2, 0.25) is 5.02 Å². The second-order valence-electron chi connectivity index (χ2n) is 9.31. The van der Waals surface area contributed by atoms with Gasteiger partial charge in [0, 0.05) is 19.3 Å². The topological polar surface area (TPSA) is 69.4 Å². The van der Waals surface area contributed by atoms with Crippen molar-refractivity contribution in [3.63, 3.8) is 0 Å². The average molecular weight is 539 g/mol.